The summed E-state index contributed by atoms with van der Waals surface area (Å²) >= 11 is 5.04. The number of hydrogen-bond acceptors (Lipinski definition) is 5. The van der Waals surface area contributed by atoms with Crippen LogP contribution >= 0.6 is 12.2 Å². The number of amides is 2. The van der Waals surface area contributed by atoms with Crippen LogP contribution in [0.2, 0.25) is 0 Å². The number of hydrogen-bond donors (Lipinski definition) is 3. The molecule has 0 aromatic heterocycles. The smallest absolute Gasteiger partial charge is 0.276 e. The fourth-order valence-corrected chi connectivity index (χ4v) is 2.72. The van der Waals surface area contributed by atoms with Gasteiger partial charge in [-0.2, -0.15) is 0 Å². The molecule has 2 amide bonds. The lowest BCUT2D eigenvalue weighted by molar-refractivity contribution is -0.123. The largest absolute Gasteiger partial charge is 0.494 e. The van der Waals surface area contributed by atoms with Crippen molar-refractivity contribution in [3.8, 4) is 11.5 Å². The summed E-state index contributed by atoms with van der Waals surface area (Å²) in [6.45, 7) is 4.60. The number of ether oxygens (including phenoxy) is 2. The molecule has 3 N–H and O–H groups in total. The third kappa shape index (κ3) is 9.48. The Balaban J connectivity index is 1.67. The number of unbranched alkanes of at least 4 members (excludes halogenated alkanes) is 3. The third-order valence-electron chi connectivity index (χ3n) is 4.32. The molecular formula is C23H29N3O4S. The van der Waals surface area contributed by atoms with Crippen molar-refractivity contribution in [1.29, 1.82) is 0 Å². The van der Waals surface area contributed by atoms with Gasteiger partial charge in [-0.05, 0) is 62.0 Å². The molecule has 7 nitrogen and oxygen atoms in total. The SMILES string of the molecule is CCCCCCOc1ccc(C(=O)NC(=S)NNC(=O)COc2ccc(C)cc2)cc1. The van der Waals surface area contributed by atoms with Gasteiger partial charge in [0.15, 0.2) is 11.7 Å². The molecule has 166 valence electrons. The van der Waals surface area contributed by atoms with E-state index in [1.54, 1.807) is 36.4 Å². The van der Waals surface area contributed by atoms with E-state index in [1.165, 1.54) is 12.8 Å². The van der Waals surface area contributed by atoms with E-state index in [1.807, 2.05) is 19.1 Å². The first kappa shape index (κ1) is 24.1. The minimum atomic E-state index is -0.433. The summed E-state index contributed by atoms with van der Waals surface area (Å²) in [5.74, 6) is 0.481. The Morgan fingerprint density at radius 1 is 0.871 bits per heavy atom. The van der Waals surface area contributed by atoms with Gasteiger partial charge in [0, 0.05) is 5.56 Å². The minimum absolute atomic E-state index is 0.0232. The van der Waals surface area contributed by atoms with E-state index in [0.29, 0.717) is 17.9 Å². The van der Waals surface area contributed by atoms with Crippen molar-refractivity contribution in [2.24, 2.45) is 0 Å². The summed E-state index contributed by atoms with van der Waals surface area (Å²) in [7, 11) is 0. The number of benzene rings is 2. The Bertz CT molecular complexity index is 854. The van der Waals surface area contributed by atoms with E-state index in [4.69, 9.17) is 21.7 Å². The van der Waals surface area contributed by atoms with Crippen LogP contribution in [0.5, 0.6) is 11.5 Å². The lowest BCUT2D eigenvalue weighted by Crippen LogP contribution is -2.49. The van der Waals surface area contributed by atoms with Crippen LogP contribution in [0, 0.1) is 6.92 Å². The molecule has 2 aromatic rings. The second-order valence-electron chi connectivity index (χ2n) is 6.99. The van der Waals surface area contributed by atoms with E-state index in [-0.39, 0.29) is 11.7 Å². The molecule has 0 radical (unpaired) electrons. The van der Waals surface area contributed by atoms with Crippen LogP contribution in [0.4, 0.5) is 0 Å². The van der Waals surface area contributed by atoms with Crippen molar-refractivity contribution in [2.45, 2.75) is 39.5 Å². The van der Waals surface area contributed by atoms with Gasteiger partial charge in [0.2, 0.25) is 0 Å². The van der Waals surface area contributed by atoms with Gasteiger partial charge in [-0.25, -0.2) is 0 Å². The Morgan fingerprint density at radius 3 is 2.19 bits per heavy atom. The molecule has 0 unspecified atom stereocenters. The standard InChI is InChI=1S/C23H29N3O4S/c1-3-4-5-6-15-29-19-13-9-18(10-14-19)22(28)24-23(31)26-25-21(27)16-30-20-11-7-17(2)8-12-20/h7-14H,3-6,15-16H2,1-2H3,(H,25,27)(H2,24,26,28,31). The molecule has 0 fully saturated rings. The van der Waals surface area contributed by atoms with Crippen LogP contribution in [0.25, 0.3) is 0 Å². The van der Waals surface area contributed by atoms with Crippen molar-refractivity contribution >= 4 is 29.1 Å². The molecule has 31 heavy (non-hydrogen) atoms. The first-order valence-corrected chi connectivity index (χ1v) is 10.7. The normalized spacial score (nSPS) is 10.1. The van der Waals surface area contributed by atoms with E-state index in [9.17, 15) is 9.59 Å². The highest BCUT2D eigenvalue weighted by atomic mass is 32.1. The Hall–Kier alpha value is -3.13. The summed E-state index contributed by atoms with van der Waals surface area (Å²) in [6, 6.07) is 14.2. The molecular weight excluding hydrogens is 414 g/mol. The summed E-state index contributed by atoms with van der Waals surface area (Å²) < 4.78 is 11.0. The molecule has 0 aliphatic rings. The summed E-state index contributed by atoms with van der Waals surface area (Å²) in [6.07, 6.45) is 4.55. The molecule has 0 aliphatic carbocycles. The lowest BCUT2D eigenvalue weighted by Gasteiger charge is -2.12. The van der Waals surface area contributed by atoms with Gasteiger partial charge < -0.3 is 9.47 Å². The molecule has 0 atom stereocenters. The Morgan fingerprint density at radius 2 is 1.52 bits per heavy atom. The van der Waals surface area contributed by atoms with Gasteiger partial charge in [0.1, 0.15) is 11.5 Å². The second-order valence-corrected chi connectivity index (χ2v) is 7.40. The number of carbonyl (C=O) groups excluding carboxylic acids is 2. The van der Waals surface area contributed by atoms with Crippen LogP contribution in [0.1, 0.15) is 48.5 Å². The molecule has 0 bridgehead atoms. The zero-order chi connectivity index (χ0) is 22.5. The predicted octanol–water partition coefficient (Wildman–Crippen LogP) is 3.67. The second kappa shape index (κ2) is 13.2. The van der Waals surface area contributed by atoms with Crippen molar-refractivity contribution < 1.29 is 19.1 Å². The van der Waals surface area contributed by atoms with E-state index < -0.39 is 11.8 Å². The third-order valence-corrected chi connectivity index (χ3v) is 4.52. The van der Waals surface area contributed by atoms with Gasteiger partial charge in [0.25, 0.3) is 11.8 Å². The molecule has 0 heterocycles. The molecule has 0 aliphatic heterocycles. The van der Waals surface area contributed by atoms with E-state index >= 15 is 0 Å². The van der Waals surface area contributed by atoms with Crippen LogP contribution in [-0.4, -0.2) is 30.1 Å². The number of aryl methyl sites for hydroxylation is 1. The van der Waals surface area contributed by atoms with Crippen molar-refractivity contribution in [3.05, 3.63) is 59.7 Å². The zero-order valence-corrected chi connectivity index (χ0v) is 18.7. The number of thiocarbonyl (C=S) groups is 1. The van der Waals surface area contributed by atoms with E-state index in [2.05, 4.69) is 23.1 Å². The van der Waals surface area contributed by atoms with Gasteiger partial charge in [0.05, 0.1) is 6.61 Å². The Kier molecular flexibility index (Phi) is 10.3. The molecule has 0 spiro atoms. The zero-order valence-electron chi connectivity index (χ0n) is 17.9. The molecule has 2 aromatic carbocycles. The Labute approximate surface area is 188 Å². The van der Waals surface area contributed by atoms with E-state index in [0.717, 1.165) is 24.2 Å². The topological polar surface area (TPSA) is 88.7 Å². The van der Waals surface area contributed by atoms with Crippen LogP contribution in [0.3, 0.4) is 0 Å². The number of carbonyl (C=O) groups is 2. The number of nitrogens with one attached hydrogen (secondary N) is 3. The van der Waals surface area contributed by atoms with Gasteiger partial charge in [-0.3, -0.25) is 25.8 Å². The number of hydrazine groups is 1. The highest BCUT2D eigenvalue weighted by Crippen LogP contribution is 2.13. The predicted molar refractivity (Wildman–Crippen MR) is 124 cm³/mol. The van der Waals surface area contributed by atoms with Crippen molar-refractivity contribution in [3.63, 3.8) is 0 Å². The highest BCUT2D eigenvalue weighted by Gasteiger charge is 2.09. The molecule has 0 saturated carbocycles. The molecule has 0 saturated heterocycles. The lowest BCUT2D eigenvalue weighted by atomic mass is 10.2. The maximum atomic E-state index is 12.3. The fraction of sp³-hybridized carbons (Fsp3) is 0.348. The summed E-state index contributed by atoms with van der Waals surface area (Å²) in [5, 5.41) is 2.48. The molecule has 2 rings (SSSR count). The molecule has 8 heteroatoms. The number of rotatable bonds is 10. The fourth-order valence-electron chi connectivity index (χ4n) is 2.57. The van der Waals surface area contributed by atoms with Crippen LogP contribution < -0.4 is 25.6 Å². The quantitative estimate of drug-likeness (QED) is 0.295. The van der Waals surface area contributed by atoms with Gasteiger partial charge in [-0.1, -0.05) is 43.9 Å². The maximum Gasteiger partial charge on any atom is 0.276 e. The first-order chi connectivity index (χ1) is 15.0. The average molecular weight is 444 g/mol. The maximum absolute atomic E-state index is 12.3. The van der Waals surface area contributed by atoms with Crippen LogP contribution in [-0.2, 0) is 4.79 Å². The monoisotopic (exact) mass is 443 g/mol. The highest BCUT2D eigenvalue weighted by molar-refractivity contribution is 7.80. The summed E-state index contributed by atoms with van der Waals surface area (Å²) in [5.41, 5.74) is 6.39. The minimum Gasteiger partial charge on any atom is -0.494 e. The first-order valence-electron chi connectivity index (χ1n) is 10.3. The summed E-state index contributed by atoms with van der Waals surface area (Å²) in [4.78, 5) is 24.1. The van der Waals surface area contributed by atoms with Gasteiger partial charge in [-0.15, -0.1) is 0 Å². The van der Waals surface area contributed by atoms with Gasteiger partial charge >= 0.3 is 0 Å². The van der Waals surface area contributed by atoms with Crippen LogP contribution in [0.15, 0.2) is 48.5 Å². The average Bonchev–Trinajstić information content (AvgIpc) is 2.77. The van der Waals surface area contributed by atoms with Crippen molar-refractivity contribution in [2.75, 3.05) is 13.2 Å². The van der Waals surface area contributed by atoms with Crippen molar-refractivity contribution in [1.82, 2.24) is 16.2 Å².